The Hall–Kier alpha value is -3.59. The number of amides is 1. The number of rotatable bonds is 9. The number of β-amino-alcohol motifs (C(OH)–C–C–N with tert-alkyl or cyclic N) is 1. The molecule has 2 aliphatic rings. The summed E-state index contributed by atoms with van der Waals surface area (Å²) in [5, 5.41) is 21.6. The summed E-state index contributed by atoms with van der Waals surface area (Å²) in [4.78, 5) is 29.6. The molecule has 4 rings (SSSR count). The molecule has 1 unspecified atom stereocenters. The van der Waals surface area contributed by atoms with Crippen molar-refractivity contribution < 1.29 is 24.2 Å². The minimum atomic E-state index is -0.411. The van der Waals surface area contributed by atoms with E-state index in [0.717, 1.165) is 28.1 Å². The van der Waals surface area contributed by atoms with Crippen LogP contribution in [0.3, 0.4) is 0 Å². The van der Waals surface area contributed by atoms with Gasteiger partial charge in [-0.25, -0.2) is 0 Å². The number of hydrogen-bond donors (Lipinski definition) is 3. The number of ketones is 1. The molecule has 2 aromatic rings. The number of likely N-dealkylation sites (N-methyl/N-ethyl adjacent to an activating group) is 1. The zero-order valence-electron chi connectivity index (χ0n) is 23.8. The fraction of sp³-hybridized carbons (Fsp3) is 0.500. The monoisotopic (exact) mass is 536 g/mol. The molecule has 0 saturated carbocycles. The molecule has 0 bridgehead atoms. The first-order valence-electron chi connectivity index (χ1n) is 13.5. The van der Waals surface area contributed by atoms with Crippen molar-refractivity contribution in [1.29, 1.82) is 5.41 Å². The third-order valence-electron chi connectivity index (χ3n) is 7.39. The van der Waals surface area contributed by atoms with E-state index in [9.17, 15) is 14.7 Å². The van der Waals surface area contributed by atoms with Crippen molar-refractivity contribution >= 4 is 23.2 Å². The zero-order chi connectivity index (χ0) is 28.5. The van der Waals surface area contributed by atoms with E-state index in [4.69, 9.17) is 14.9 Å². The smallest absolute Gasteiger partial charge is 0.224 e. The average Bonchev–Trinajstić information content (AvgIpc) is 3.45. The summed E-state index contributed by atoms with van der Waals surface area (Å²) >= 11 is 0. The van der Waals surface area contributed by atoms with E-state index in [0.29, 0.717) is 49.5 Å². The highest BCUT2D eigenvalue weighted by atomic mass is 16.5. The minimum absolute atomic E-state index is 0.0419. The highest BCUT2D eigenvalue weighted by Gasteiger charge is 2.32. The molecule has 0 aliphatic carbocycles. The molecule has 2 heterocycles. The Labute approximate surface area is 230 Å². The van der Waals surface area contributed by atoms with Crippen LogP contribution in [-0.2, 0) is 23.2 Å². The first-order chi connectivity index (χ1) is 18.5. The largest absolute Gasteiger partial charge is 0.494 e. The molecule has 2 aliphatic heterocycles. The fourth-order valence-corrected chi connectivity index (χ4v) is 5.30. The number of anilines is 1. The van der Waals surface area contributed by atoms with E-state index in [-0.39, 0.29) is 35.9 Å². The van der Waals surface area contributed by atoms with E-state index < -0.39 is 6.10 Å². The van der Waals surface area contributed by atoms with Crippen LogP contribution in [0, 0.1) is 5.41 Å². The van der Waals surface area contributed by atoms with E-state index >= 15 is 0 Å². The number of hydrogen-bond acceptors (Lipinski definition) is 7. The summed E-state index contributed by atoms with van der Waals surface area (Å²) in [6, 6.07) is 7.48. The molecule has 1 amide bonds. The molecular weight excluding hydrogens is 496 g/mol. The second kappa shape index (κ2) is 11.3. The molecule has 3 N–H and O–H groups in total. The second-order valence-electron chi connectivity index (χ2n) is 11.2. The van der Waals surface area contributed by atoms with Crippen molar-refractivity contribution in [3.8, 4) is 11.5 Å². The van der Waals surface area contributed by atoms with Crippen molar-refractivity contribution in [2.24, 2.45) is 0 Å². The van der Waals surface area contributed by atoms with Crippen molar-refractivity contribution in [3.63, 3.8) is 0 Å². The van der Waals surface area contributed by atoms with Crippen LogP contribution in [-0.4, -0.2) is 74.0 Å². The van der Waals surface area contributed by atoms with Gasteiger partial charge < -0.3 is 29.7 Å². The Morgan fingerprint density at radius 2 is 1.95 bits per heavy atom. The second-order valence-corrected chi connectivity index (χ2v) is 11.2. The maximum atomic E-state index is 13.7. The lowest BCUT2D eigenvalue weighted by Crippen LogP contribution is -2.31. The number of ether oxygens (including phenoxy) is 2. The van der Waals surface area contributed by atoms with Gasteiger partial charge in [-0.2, -0.15) is 0 Å². The van der Waals surface area contributed by atoms with Gasteiger partial charge in [0.2, 0.25) is 5.91 Å². The summed E-state index contributed by atoms with van der Waals surface area (Å²) in [6.45, 7) is 10.2. The summed E-state index contributed by atoms with van der Waals surface area (Å²) in [5.41, 5.74) is 4.33. The molecule has 1 fully saturated rings. The van der Waals surface area contributed by atoms with Gasteiger partial charge in [0.25, 0.3) is 0 Å². The molecule has 39 heavy (non-hydrogen) atoms. The number of Topliss-reactive ketones (excluding diaryl/α,β-unsaturated/α-hetero) is 1. The standard InChI is InChI=1S/C30H40N4O5/c1-7-39-26-13-20-15-34(29(31)22(20)10-19(26)14-27(37)32-5)17-25(36)18-11-23(30(2,3)4)28(38-6)24(12-18)33-9-8-21(35)16-33/h10-13,21,31,35H,7-9,14-17H2,1-6H3,(H,32,37). The van der Waals surface area contributed by atoms with Gasteiger partial charge in [-0.1, -0.05) is 20.8 Å². The molecule has 2 aromatic carbocycles. The molecule has 210 valence electrons. The van der Waals surface area contributed by atoms with Gasteiger partial charge in [0.15, 0.2) is 5.78 Å². The highest BCUT2D eigenvalue weighted by Crippen LogP contribution is 2.41. The number of carbonyl (C=O) groups excluding carboxylic acids is 2. The molecule has 1 saturated heterocycles. The van der Waals surface area contributed by atoms with Crippen molar-refractivity contribution in [2.75, 3.05) is 45.3 Å². The summed E-state index contributed by atoms with van der Waals surface area (Å²) < 4.78 is 11.6. The summed E-state index contributed by atoms with van der Waals surface area (Å²) in [5.74, 6) is 1.37. The first-order valence-corrected chi connectivity index (χ1v) is 13.5. The Bertz CT molecular complexity index is 1280. The number of nitrogens with zero attached hydrogens (tertiary/aromatic N) is 2. The fourth-order valence-electron chi connectivity index (χ4n) is 5.30. The number of nitrogens with one attached hydrogen (secondary N) is 2. The van der Waals surface area contributed by atoms with Crippen molar-refractivity contribution in [3.05, 3.63) is 52.1 Å². The van der Waals surface area contributed by atoms with E-state index in [1.807, 2.05) is 31.2 Å². The highest BCUT2D eigenvalue weighted by molar-refractivity contribution is 6.06. The van der Waals surface area contributed by atoms with Crippen LogP contribution in [0.15, 0.2) is 24.3 Å². The van der Waals surface area contributed by atoms with Crippen LogP contribution in [0.25, 0.3) is 0 Å². The minimum Gasteiger partial charge on any atom is -0.494 e. The maximum Gasteiger partial charge on any atom is 0.224 e. The number of benzene rings is 2. The average molecular weight is 537 g/mol. The molecule has 0 radical (unpaired) electrons. The SMILES string of the molecule is CCOc1cc2c(cc1CC(=O)NC)C(=N)N(CC(=O)c1cc(N3CCC(O)C3)c(OC)c(C(C)(C)C)c1)C2. The molecule has 9 nitrogen and oxygen atoms in total. The quantitative estimate of drug-likeness (QED) is 0.422. The van der Waals surface area contributed by atoms with Crippen molar-refractivity contribution in [2.45, 2.75) is 58.6 Å². The topological polar surface area (TPSA) is 115 Å². The van der Waals surface area contributed by atoms with Crippen molar-refractivity contribution in [1.82, 2.24) is 10.2 Å². The number of aliphatic hydroxyl groups excluding tert-OH is 1. The Morgan fingerprint density at radius 1 is 1.21 bits per heavy atom. The van der Waals surface area contributed by atoms with Gasteiger partial charge in [0.1, 0.15) is 17.3 Å². The number of aliphatic hydroxyl groups is 1. The summed E-state index contributed by atoms with van der Waals surface area (Å²) in [7, 11) is 3.23. The lowest BCUT2D eigenvalue weighted by atomic mass is 9.84. The first kappa shape index (κ1) is 28.4. The Balaban J connectivity index is 1.64. The van der Waals surface area contributed by atoms with Crippen LogP contribution in [0.1, 0.15) is 66.7 Å². The van der Waals surface area contributed by atoms with Crippen LogP contribution in [0.4, 0.5) is 5.69 Å². The van der Waals surface area contributed by atoms with Gasteiger partial charge in [0, 0.05) is 48.9 Å². The van der Waals surface area contributed by atoms with Crippen LogP contribution >= 0.6 is 0 Å². The van der Waals surface area contributed by atoms with Gasteiger partial charge in [-0.15, -0.1) is 0 Å². The van der Waals surface area contributed by atoms with Gasteiger partial charge in [0.05, 0.1) is 38.5 Å². The van der Waals surface area contributed by atoms with Gasteiger partial charge >= 0.3 is 0 Å². The maximum absolute atomic E-state index is 13.7. The predicted octanol–water partition coefficient (Wildman–Crippen LogP) is 3.27. The van der Waals surface area contributed by atoms with E-state index in [1.54, 1.807) is 19.1 Å². The number of amidine groups is 1. The number of methoxy groups -OCH3 is 1. The van der Waals surface area contributed by atoms with Gasteiger partial charge in [-0.05, 0) is 48.6 Å². The van der Waals surface area contributed by atoms with E-state index in [1.165, 1.54) is 0 Å². The third kappa shape index (κ3) is 5.88. The zero-order valence-corrected chi connectivity index (χ0v) is 23.8. The van der Waals surface area contributed by atoms with Gasteiger partial charge in [-0.3, -0.25) is 15.0 Å². The Kier molecular flexibility index (Phi) is 8.20. The lowest BCUT2D eigenvalue weighted by molar-refractivity contribution is -0.119. The molecule has 0 spiro atoms. The molecule has 1 atom stereocenters. The molecular formula is C30H40N4O5. The lowest BCUT2D eigenvalue weighted by Gasteiger charge is -2.29. The molecule has 9 heteroatoms. The number of fused-ring (bicyclic) bond motifs is 1. The normalized spacial score (nSPS) is 16.9. The Morgan fingerprint density at radius 3 is 2.54 bits per heavy atom. The van der Waals surface area contributed by atoms with Crippen LogP contribution < -0.4 is 19.7 Å². The molecule has 0 aromatic heterocycles. The predicted molar refractivity (Wildman–Crippen MR) is 151 cm³/mol. The van der Waals surface area contributed by atoms with E-state index in [2.05, 4.69) is 31.0 Å². The number of carbonyl (C=O) groups is 2. The van der Waals surface area contributed by atoms with Crippen LogP contribution in [0.2, 0.25) is 0 Å². The summed E-state index contributed by atoms with van der Waals surface area (Å²) in [6.07, 6.45) is 0.410. The van der Waals surface area contributed by atoms with Crippen LogP contribution in [0.5, 0.6) is 11.5 Å². The third-order valence-corrected chi connectivity index (χ3v) is 7.39.